The molecule has 0 saturated carbocycles. The summed E-state index contributed by atoms with van der Waals surface area (Å²) >= 11 is 0. The van der Waals surface area contributed by atoms with Crippen molar-refractivity contribution in [3.8, 4) is 0 Å². The lowest BCUT2D eigenvalue weighted by molar-refractivity contribution is -0.0741. The zero-order chi connectivity index (χ0) is 12.8. The first-order valence-electron chi connectivity index (χ1n) is 6.83. The molecule has 2 heterocycles. The van der Waals surface area contributed by atoms with Crippen LogP contribution in [0.5, 0.6) is 0 Å². The van der Waals surface area contributed by atoms with E-state index >= 15 is 0 Å². The second-order valence-electron chi connectivity index (χ2n) is 4.83. The van der Waals surface area contributed by atoms with E-state index in [1.807, 2.05) is 12.1 Å². The predicted octanol–water partition coefficient (Wildman–Crippen LogP) is 2.64. The Morgan fingerprint density at radius 2 is 2.39 bits per heavy atom. The van der Waals surface area contributed by atoms with E-state index in [4.69, 9.17) is 19.6 Å². The molecule has 0 amide bonds. The highest BCUT2D eigenvalue weighted by molar-refractivity contribution is 5.05. The molecular weight excluding hydrogens is 230 g/mol. The van der Waals surface area contributed by atoms with Gasteiger partial charge < -0.3 is 19.6 Å². The molecule has 2 N–H and O–H groups in total. The quantitative estimate of drug-likeness (QED) is 0.846. The van der Waals surface area contributed by atoms with E-state index < -0.39 is 0 Å². The Hall–Kier alpha value is -0.840. The van der Waals surface area contributed by atoms with Crippen molar-refractivity contribution in [2.45, 2.75) is 50.9 Å². The molecule has 4 heteroatoms. The summed E-state index contributed by atoms with van der Waals surface area (Å²) in [6.45, 7) is 3.50. The maximum atomic E-state index is 6.10. The highest BCUT2D eigenvalue weighted by Crippen LogP contribution is 2.24. The Morgan fingerprint density at radius 1 is 1.50 bits per heavy atom. The molecule has 0 aromatic carbocycles. The molecule has 2 rings (SSSR count). The monoisotopic (exact) mass is 253 g/mol. The van der Waals surface area contributed by atoms with Crippen LogP contribution in [0.2, 0.25) is 0 Å². The van der Waals surface area contributed by atoms with Gasteiger partial charge in [0.15, 0.2) is 0 Å². The third-order valence-electron chi connectivity index (χ3n) is 3.42. The Kier molecular flexibility index (Phi) is 5.23. The van der Waals surface area contributed by atoms with E-state index in [1.54, 1.807) is 6.26 Å². The molecule has 1 aliphatic heterocycles. The fraction of sp³-hybridized carbons (Fsp3) is 0.714. The molecule has 3 unspecified atom stereocenters. The summed E-state index contributed by atoms with van der Waals surface area (Å²) < 4.78 is 17.0. The molecule has 18 heavy (non-hydrogen) atoms. The minimum absolute atomic E-state index is 0.0419. The smallest absolute Gasteiger partial charge is 0.134 e. The lowest BCUT2D eigenvalue weighted by atomic mass is 10.1. The first-order valence-corrected chi connectivity index (χ1v) is 6.83. The molecular formula is C14H23NO3. The van der Waals surface area contributed by atoms with Crippen molar-refractivity contribution in [3.63, 3.8) is 0 Å². The van der Waals surface area contributed by atoms with Crippen LogP contribution >= 0.6 is 0 Å². The van der Waals surface area contributed by atoms with E-state index in [1.165, 1.54) is 6.42 Å². The average molecular weight is 253 g/mol. The molecule has 4 nitrogen and oxygen atoms in total. The lowest BCUT2D eigenvalue weighted by Gasteiger charge is -2.27. The van der Waals surface area contributed by atoms with Crippen LogP contribution < -0.4 is 5.73 Å². The van der Waals surface area contributed by atoms with Gasteiger partial charge in [-0.25, -0.2) is 0 Å². The van der Waals surface area contributed by atoms with E-state index in [0.29, 0.717) is 6.61 Å². The molecule has 0 radical (unpaired) electrons. The summed E-state index contributed by atoms with van der Waals surface area (Å²) in [5.74, 6) is 0.806. The second kappa shape index (κ2) is 6.92. The van der Waals surface area contributed by atoms with Crippen LogP contribution in [-0.4, -0.2) is 25.4 Å². The minimum Gasteiger partial charge on any atom is -0.467 e. The van der Waals surface area contributed by atoms with Crippen molar-refractivity contribution in [2.24, 2.45) is 5.73 Å². The van der Waals surface area contributed by atoms with Crippen molar-refractivity contribution in [1.29, 1.82) is 0 Å². The largest absolute Gasteiger partial charge is 0.467 e. The van der Waals surface area contributed by atoms with Gasteiger partial charge in [0.05, 0.1) is 19.0 Å². The van der Waals surface area contributed by atoms with Gasteiger partial charge >= 0.3 is 0 Å². The maximum absolute atomic E-state index is 6.10. The molecule has 1 aliphatic rings. The Morgan fingerprint density at radius 3 is 3.00 bits per heavy atom. The minimum atomic E-state index is -0.171. The molecule has 1 aromatic heterocycles. The van der Waals surface area contributed by atoms with Crippen LogP contribution in [-0.2, 0) is 9.47 Å². The van der Waals surface area contributed by atoms with E-state index in [0.717, 1.165) is 31.6 Å². The number of rotatable bonds is 6. The molecule has 0 bridgehead atoms. The van der Waals surface area contributed by atoms with Gasteiger partial charge in [0.1, 0.15) is 11.9 Å². The van der Waals surface area contributed by atoms with Crippen LogP contribution in [0.1, 0.15) is 44.5 Å². The number of ether oxygens (including phenoxy) is 2. The van der Waals surface area contributed by atoms with Crippen molar-refractivity contribution in [2.75, 3.05) is 13.2 Å². The summed E-state index contributed by atoms with van der Waals surface area (Å²) in [5.41, 5.74) is 6.10. The van der Waals surface area contributed by atoms with Crippen LogP contribution in [0.4, 0.5) is 0 Å². The third-order valence-corrected chi connectivity index (χ3v) is 3.42. The molecule has 0 spiro atoms. The Labute approximate surface area is 108 Å². The first-order chi connectivity index (χ1) is 8.81. The third kappa shape index (κ3) is 3.57. The normalized spacial score (nSPS) is 23.8. The second-order valence-corrected chi connectivity index (χ2v) is 4.83. The highest BCUT2D eigenvalue weighted by Gasteiger charge is 2.24. The number of hydrogen-bond donors (Lipinski definition) is 1. The summed E-state index contributed by atoms with van der Waals surface area (Å²) in [7, 11) is 0. The zero-order valence-corrected chi connectivity index (χ0v) is 11.0. The summed E-state index contributed by atoms with van der Waals surface area (Å²) in [4.78, 5) is 0. The highest BCUT2D eigenvalue weighted by atomic mass is 16.5. The van der Waals surface area contributed by atoms with Gasteiger partial charge in [-0.05, 0) is 37.8 Å². The van der Waals surface area contributed by atoms with Gasteiger partial charge in [0.2, 0.25) is 0 Å². The van der Waals surface area contributed by atoms with Crippen molar-refractivity contribution >= 4 is 0 Å². The summed E-state index contributed by atoms with van der Waals surface area (Å²) in [6.07, 6.45) is 6.01. The molecule has 102 valence electrons. The van der Waals surface area contributed by atoms with Crippen LogP contribution in [0.3, 0.4) is 0 Å². The van der Waals surface area contributed by atoms with E-state index in [-0.39, 0.29) is 18.2 Å². The van der Waals surface area contributed by atoms with E-state index in [9.17, 15) is 0 Å². The molecule has 1 saturated heterocycles. The van der Waals surface area contributed by atoms with Gasteiger partial charge in [0.25, 0.3) is 0 Å². The van der Waals surface area contributed by atoms with Crippen LogP contribution in [0.15, 0.2) is 22.8 Å². The average Bonchev–Trinajstić information content (AvgIpc) is 2.94. The Balaban J connectivity index is 1.89. The molecule has 3 atom stereocenters. The standard InChI is InChI=1S/C14H23NO3/c1-2-12(15)14(13-7-5-9-17-13)18-10-11-6-3-4-8-16-11/h5,7,9,11-12,14H,2-4,6,8,10,15H2,1H3. The van der Waals surface area contributed by atoms with Crippen LogP contribution in [0.25, 0.3) is 0 Å². The number of nitrogens with two attached hydrogens (primary N) is 1. The molecule has 1 fully saturated rings. The number of furan rings is 1. The fourth-order valence-corrected chi connectivity index (χ4v) is 2.23. The van der Waals surface area contributed by atoms with Crippen molar-refractivity contribution in [3.05, 3.63) is 24.2 Å². The first kappa shape index (κ1) is 13.6. The maximum Gasteiger partial charge on any atom is 0.134 e. The fourth-order valence-electron chi connectivity index (χ4n) is 2.23. The molecule has 1 aromatic rings. The summed E-state index contributed by atoms with van der Waals surface area (Å²) in [6, 6.07) is 3.74. The topological polar surface area (TPSA) is 57.6 Å². The van der Waals surface area contributed by atoms with Crippen LogP contribution in [0, 0.1) is 0 Å². The SMILES string of the molecule is CCC(N)C(OCC1CCCCO1)c1ccco1. The predicted molar refractivity (Wildman–Crippen MR) is 69.3 cm³/mol. The number of hydrogen-bond acceptors (Lipinski definition) is 4. The van der Waals surface area contributed by atoms with Crippen molar-refractivity contribution < 1.29 is 13.9 Å². The van der Waals surface area contributed by atoms with E-state index in [2.05, 4.69) is 6.92 Å². The van der Waals surface area contributed by atoms with Gasteiger partial charge in [-0.2, -0.15) is 0 Å². The van der Waals surface area contributed by atoms with Gasteiger partial charge in [-0.15, -0.1) is 0 Å². The lowest BCUT2D eigenvalue weighted by Crippen LogP contribution is -2.33. The van der Waals surface area contributed by atoms with Gasteiger partial charge in [-0.1, -0.05) is 6.92 Å². The zero-order valence-electron chi connectivity index (χ0n) is 11.0. The van der Waals surface area contributed by atoms with Gasteiger partial charge in [-0.3, -0.25) is 0 Å². The Bertz CT molecular complexity index is 320. The van der Waals surface area contributed by atoms with Crippen molar-refractivity contribution in [1.82, 2.24) is 0 Å². The molecule has 0 aliphatic carbocycles. The summed E-state index contributed by atoms with van der Waals surface area (Å²) in [5, 5.41) is 0. The van der Waals surface area contributed by atoms with Gasteiger partial charge in [0, 0.05) is 12.6 Å².